The maximum atomic E-state index is 12.4. The molecule has 0 heterocycles. The van der Waals surface area contributed by atoms with Crippen molar-refractivity contribution in [2.75, 3.05) is 21.2 Å². The predicted molar refractivity (Wildman–Crippen MR) is 111 cm³/mol. The van der Waals surface area contributed by atoms with Crippen molar-refractivity contribution in [1.82, 2.24) is 4.90 Å². The van der Waals surface area contributed by atoms with E-state index in [2.05, 4.69) is 0 Å². The molecule has 5 nitrogen and oxygen atoms in total. The summed E-state index contributed by atoms with van der Waals surface area (Å²) in [6, 6.07) is 15.6. The van der Waals surface area contributed by atoms with Crippen molar-refractivity contribution in [3.8, 4) is 11.5 Å². The molecule has 0 aliphatic carbocycles. The first kappa shape index (κ1) is 23.6. The lowest BCUT2D eigenvalue weighted by Gasteiger charge is -2.28. The minimum absolute atomic E-state index is 0.260. The van der Waals surface area contributed by atoms with Gasteiger partial charge in [-0.2, -0.15) is 8.78 Å². The zero-order chi connectivity index (χ0) is 22.1. The Bertz CT molecular complexity index is 813. The summed E-state index contributed by atoms with van der Waals surface area (Å²) in [6.45, 7) is 1.58. The lowest BCUT2D eigenvalue weighted by Crippen LogP contribution is -2.37. The van der Waals surface area contributed by atoms with Gasteiger partial charge >= 0.3 is 12.4 Å². The Labute approximate surface area is 176 Å². The second kappa shape index (κ2) is 11.5. The molecule has 0 aromatic heterocycles. The van der Waals surface area contributed by atoms with Crippen LogP contribution in [-0.4, -0.2) is 50.8 Å². The number of ether oxygens (including phenoxy) is 3. The number of hydrogen-bond donors (Lipinski definition) is 0. The van der Waals surface area contributed by atoms with Gasteiger partial charge in [0.1, 0.15) is 17.6 Å². The van der Waals surface area contributed by atoms with E-state index < -0.39 is 24.7 Å². The number of nitrogens with zero attached hydrogens (tertiary/aromatic N) is 1. The topological polar surface area (TPSA) is 48.0 Å². The quantitative estimate of drug-likeness (QED) is 0.399. The molecule has 30 heavy (non-hydrogen) atoms. The third kappa shape index (κ3) is 7.30. The number of rotatable bonds is 11. The zero-order valence-corrected chi connectivity index (χ0v) is 17.8. The number of alkyl halides is 2. The second-order valence-electron chi connectivity index (χ2n) is 7.28. The highest BCUT2D eigenvalue weighted by Crippen LogP contribution is 2.24. The molecule has 2 rings (SSSR count). The standard InChI is InChI=1S/C23H29F2NO4/c1-16(29-23(27)22(24)25)14-21(26(2)3)30-20-11-6-5-9-18(20)13-12-17-8-7-10-19(15-17)28-4/h5-11,15-16,21-22H,12-14H2,1-4H3/t16-,21+/m1/s1. The molecule has 0 saturated carbocycles. The van der Waals surface area contributed by atoms with Gasteiger partial charge in [-0.15, -0.1) is 0 Å². The van der Waals surface area contributed by atoms with E-state index in [4.69, 9.17) is 14.2 Å². The van der Waals surface area contributed by atoms with Gasteiger partial charge < -0.3 is 14.2 Å². The van der Waals surface area contributed by atoms with E-state index in [1.54, 1.807) is 14.0 Å². The minimum atomic E-state index is -3.14. The fraction of sp³-hybridized carbons (Fsp3) is 0.435. The average molecular weight is 421 g/mol. The first-order valence-corrected chi connectivity index (χ1v) is 9.82. The molecule has 2 aromatic rings. The van der Waals surface area contributed by atoms with E-state index in [1.807, 2.05) is 67.5 Å². The molecule has 0 unspecified atom stereocenters. The molecule has 0 aliphatic heterocycles. The highest BCUT2D eigenvalue weighted by Gasteiger charge is 2.24. The van der Waals surface area contributed by atoms with E-state index in [1.165, 1.54) is 0 Å². The number of benzene rings is 2. The van der Waals surface area contributed by atoms with Crippen molar-refractivity contribution >= 4 is 5.97 Å². The van der Waals surface area contributed by atoms with Crippen LogP contribution in [0.3, 0.4) is 0 Å². The predicted octanol–water partition coefficient (Wildman–Crippen LogP) is 4.33. The van der Waals surface area contributed by atoms with Gasteiger partial charge in [0.05, 0.1) is 7.11 Å². The van der Waals surface area contributed by atoms with E-state index in [-0.39, 0.29) is 6.42 Å². The summed E-state index contributed by atoms with van der Waals surface area (Å²) in [5.41, 5.74) is 2.19. The lowest BCUT2D eigenvalue weighted by molar-refractivity contribution is -0.163. The Morgan fingerprint density at radius 1 is 1.07 bits per heavy atom. The molecule has 7 heteroatoms. The van der Waals surface area contributed by atoms with Gasteiger partial charge in [0.2, 0.25) is 0 Å². The fourth-order valence-corrected chi connectivity index (χ4v) is 3.02. The van der Waals surface area contributed by atoms with Gasteiger partial charge in [0.25, 0.3) is 0 Å². The monoisotopic (exact) mass is 421 g/mol. The van der Waals surface area contributed by atoms with Gasteiger partial charge in [0.15, 0.2) is 6.23 Å². The Kier molecular flexibility index (Phi) is 9.05. The van der Waals surface area contributed by atoms with Gasteiger partial charge in [0, 0.05) is 6.42 Å². The number of hydrogen-bond acceptors (Lipinski definition) is 5. The SMILES string of the molecule is COc1cccc(CCc2ccccc2O[C@@H](C[C@@H](C)OC(=O)C(F)F)N(C)C)c1. The largest absolute Gasteiger partial charge is 0.497 e. The summed E-state index contributed by atoms with van der Waals surface area (Å²) in [6.07, 6.45) is -2.45. The van der Waals surface area contributed by atoms with E-state index in [0.29, 0.717) is 5.75 Å². The van der Waals surface area contributed by atoms with Crippen molar-refractivity contribution in [2.45, 2.75) is 44.9 Å². The van der Waals surface area contributed by atoms with Crippen LogP contribution in [0.5, 0.6) is 11.5 Å². The van der Waals surface area contributed by atoms with Crippen LogP contribution >= 0.6 is 0 Å². The number of carbonyl (C=O) groups excluding carboxylic acids is 1. The van der Waals surface area contributed by atoms with E-state index >= 15 is 0 Å². The molecule has 164 valence electrons. The molecule has 2 atom stereocenters. The van der Waals surface area contributed by atoms with Crippen molar-refractivity contribution in [3.05, 3.63) is 59.7 Å². The van der Waals surface area contributed by atoms with Crippen LogP contribution in [0.25, 0.3) is 0 Å². The van der Waals surface area contributed by atoms with Crippen LogP contribution in [0, 0.1) is 0 Å². The van der Waals surface area contributed by atoms with Crippen molar-refractivity contribution in [2.24, 2.45) is 0 Å². The van der Waals surface area contributed by atoms with Crippen LogP contribution in [-0.2, 0) is 22.4 Å². The number of para-hydroxylation sites is 1. The summed E-state index contributed by atoms with van der Waals surface area (Å²) in [5, 5.41) is 0. The van der Waals surface area contributed by atoms with E-state index in [0.717, 1.165) is 29.7 Å². The second-order valence-corrected chi connectivity index (χ2v) is 7.28. The smallest absolute Gasteiger partial charge is 0.374 e. The molecular weight excluding hydrogens is 392 g/mol. The van der Waals surface area contributed by atoms with Gasteiger partial charge in [-0.1, -0.05) is 30.3 Å². The van der Waals surface area contributed by atoms with Crippen LogP contribution in [0.4, 0.5) is 8.78 Å². The van der Waals surface area contributed by atoms with Crippen molar-refractivity contribution in [1.29, 1.82) is 0 Å². The van der Waals surface area contributed by atoms with Gasteiger partial charge in [-0.3, -0.25) is 4.90 Å². The Hall–Kier alpha value is -2.67. The Balaban J connectivity index is 2.05. The highest BCUT2D eigenvalue weighted by atomic mass is 19.3. The molecular formula is C23H29F2NO4. The van der Waals surface area contributed by atoms with Crippen molar-refractivity contribution in [3.63, 3.8) is 0 Å². The first-order valence-electron chi connectivity index (χ1n) is 9.82. The summed E-state index contributed by atoms with van der Waals surface area (Å²) < 4.78 is 41.1. The molecule has 0 saturated heterocycles. The van der Waals surface area contributed by atoms with Gasteiger partial charge in [-0.25, -0.2) is 4.79 Å². The third-order valence-electron chi connectivity index (χ3n) is 4.66. The normalized spacial score (nSPS) is 13.2. The number of halogens is 2. The van der Waals surface area contributed by atoms with E-state index in [9.17, 15) is 13.6 Å². The molecule has 0 bridgehead atoms. The average Bonchev–Trinajstić information content (AvgIpc) is 2.72. The molecule has 0 radical (unpaired) electrons. The molecule has 0 amide bonds. The van der Waals surface area contributed by atoms with Crippen LogP contribution in [0.2, 0.25) is 0 Å². The number of methoxy groups -OCH3 is 1. The van der Waals surface area contributed by atoms with Crippen LogP contribution in [0.1, 0.15) is 24.5 Å². The number of aryl methyl sites for hydroxylation is 2. The highest BCUT2D eigenvalue weighted by molar-refractivity contribution is 5.72. The molecule has 0 fully saturated rings. The summed E-state index contributed by atoms with van der Waals surface area (Å²) in [4.78, 5) is 13.0. The maximum absolute atomic E-state index is 12.4. The zero-order valence-electron chi connectivity index (χ0n) is 17.8. The fourth-order valence-electron chi connectivity index (χ4n) is 3.02. The molecule has 0 spiro atoms. The molecule has 2 aromatic carbocycles. The summed E-state index contributed by atoms with van der Waals surface area (Å²) in [5.74, 6) is 0.0159. The summed E-state index contributed by atoms with van der Waals surface area (Å²) >= 11 is 0. The van der Waals surface area contributed by atoms with Crippen molar-refractivity contribution < 1.29 is 27.8 Å². The minimum Gasteiger partial charge on any atom is -0.497 e. The number of carbonyl (C=O) groups is 1. The maximum Gasteiger partial charge on any atom is 0.374 e. The Morgan fingerprint density at radius 2 is 1.80 bits per heavy atom. The van der Waals surface area contributed by atoms with Crippen LogP contribution < -0.4 is 9.47 Å². The Morgan fingerprint density at radius 3 is 2.47 bits per heavy atom. The number of esters is 1. The summed E-state index contributed by atoms with van der Waals surface area (Å²) in [7, 11) is 5.29. The molecule has 0 N–H and O–H groups in total. The third-order valence-corrected chi connectivity index (χ3v) is 4.66. The first-order chi connectivity index (χ1) is 14.3. The lowest BCUT2D eigenvalue weighted by atomic mass is 10.0. The van der Waals surface area contributed by atoms with Crippen LogP contribution in [0.15, 0.2) is 48.5 Å². The molecule has 0 aliphatic rings. The van der Waals surface area contributed by atoms with Gasteiger partial charge in [-0.05, 0) is 63.2 Å².